The third-order valence-corrected chi connectivity index (χ3v) is 5.37. The van der Waals surface area contributed by atoms with E-state index in [4.69, 9.17) is 10.00 Å². The molecule has 1 aliphatic rings. The van der Waals surface area contributed by atoms with Crippen LogP contribution in [0.15, 0.2) is 22.7 Å². The molecule has 25 heavy (non-hydrogen) atoms. The van der Waals surface area contributed by atoms with E-state index in [2.05, 4.69) is 52.9 Å². The second-order valence-electron chi connectivity index (χ2n) is 6.42. The zero-order valence-corrected chi connectivity index (χ0v) is 16.6. The number of carbonyl (C=O) groups is 1. The fraction of sp³-hybridized carbons (Fsp3) is 0.579. The zero-order valence-electron chi connectivity index (χ0n) is 15.0. The van der Waals surface area contributed by atoms with Gasteiger partial charge < -0.3 is 9.64 Å². The first-order valence-corrected chi connectivity index (χ1v) is 9.63. The van der Waals surface area contributed by atoms with Crippen molar-refractivity contribution in [1.29, 1.82) is 5.26 Å². The van der Waals surface area contributed by atoms with Crippen LogP contribution in [-0.4, -0.2) is 55.0 Å². The molecule has 0 saturated carbocycles. The Morgan fingerprint density at radius 2 is 2.08 bits per heavy atom. The van der Waals surface area contributed by atoms with Crippen molar-refractivity contribution < 1.29 is 9.53 Å². The molecule has 1 aromatic carbocycles. The number of hydrogen-bond donors (Lipinski definition) is 0. The number of benzene rings is 1. The molecule has 1 fully saturated rings. The summed E-state index contributed by atoms with van der Waals surface area (Å²) in [6.07, 6.45) is 1.63. The molecule has 2 rings (SSSR count). The van der Waals surface area contributed by atoms with Crippen molar-refractivity contribution in [2.24, 2.45) is 0 Å². The first kappa shape index (κ1) is 19.7. The van der Waals surface area contributed by atoms with Gasteiger partial charge in [-0.1, -0.05) is 19.9 Å². The van der Waals surface area contributed by atoms with Gasteiger partial charge in [-0.2, -0.15) is 5.26 Å². The van der Waals surface area contributed by atoms with Crippen molar-refractivity contribution in [3.63, 3.8) is 0 Å². The lowest BCUT2D eigenvalue weighted by molar-refractivity contribution is -0.135. The monoisotopic (exact) mass is 407 g/mol. The molecule has 1 unspecified atom stereocenters. The summed E-state index contributed by atoms with van der Waals surface area (Å²) < 4.78 is 6.61. The molecule has 1 aliphatic heterocycles. The van der Waals surface area contributed by atoms with Crippen molar-refractivity contribution in [1.82, 2.24) is 9.80 Å². The average Bonchev–Trinajstić information content (AvgIpc) is 2.64. The quantitative estimate of drug-likeness (QED) is 0.694. The molecular weight excluding hydrogens is 382 g/mol. The Bertz CT molecular complexity index is 622. The number of ether oxygens (including phenoxy) is 1. The van der Waals surface area contributed by atoms with Crippen LogP contribution >= 0.6 is 15.9 Å². The standard InChI is InChI=1S/C19H26BrN3O2/c1-3-15(2)16-5-6-18(17(20)13-16)25-14-19(24)23-11-9-22(10-12-23)8-4-7-21/h5-6,13,15H,3-4,8-12,14H2,1-2H3. The lowest BCUT2D eigenvalue weighted by atomic mass is 9.99. The van der Waals surface area contributed by atoms with Crippen molar-refractivity contribution in [2.75, 3.05) is 39.3 Å². The van der Waals surface area contributed by atoms with Gasteiger partial charge in [0.2, 0.25) is 0 Å². The molecule has 0 N–H and O–H groups in total. The molecule has 1 atom stereocenters. The summed E-state index contributed by atoms with van der Waals surface area (Å²) in [6, 6.07) is 8.22. The summed E-state index contributed by atoms with van der Waals surface area (Å²) >= 11 is 3.54. The van der Waals surface area contributed by atoms with Crippen molar-refractivity contribution in [3.8, 4) is 11.8 Å². The topological polar surface area (TPSA) is 56.6 Å². The Balaban J connectivity index is 1.82. The Hall–Kier alpha value is -1.58. The summed E-state index contributed by atoms with van der Waals surface area (Å²) in [6.45, 7) is 8.23. The van der Waals surface area contributed by atoms with Crippen LogP contribution in [0.1, 0.15) is 38.2 Å². The lowest BCUT2D eigenvalue weighted by Crippen LogP contribution is -2.50. The summed E-state index contributed by atoms with van der Waals surface area (Å²) in [4.78, 5) is 16.4. The summed E-state index contributed by atoms with van der Waals surface area (Å²) in [5, 5.41) is 8.64. The van der Waals surface area contributed by atoms with E-state index in [0.29, 0.717) is 31.2 Å². The Labute approximate surface area is 158 Å². The van der Waals surface area contributed by atoms with Gasteiger partial charge in [-0.15, -0.1) is 0 Å². The van der Waals surface area contributed by atoms with Gasteiger partial charge in [0.1, 0.15) is 5.75 Å². The first-order chi connectivity index (χ1) is 12.0. The largest absolute Gasteiger partial charge is 0.483 e. The van der Waals surface area contributed by atoms with E-state index in [1.165, 1.54) is 5.56 Å². The number of nitriles is 1. The second-order valence-corrected chi connectivity index (χ2v) is 7.27. The predicted octanol–water partition coefficient (Wildman–Crippen LogP) is 3.40. The maximum Gasteiger partial charge on any atom is 0.260 e. The van der Waals surface area contributed by atoms with E-state index < -0.39 is 0 Å². The van der Waals surface area contributed by atoms with Gasteiger partial charge in [-0.25, -0.2) is 0 Å². The molecule has 0 aliphatic carbocycles. The van der Waals surface area contributed by atoms with E-state index in [0.717, 1.165) is 30.5 Å². The van der Waals surface area contributed by atoms with Crippen molar-refractivity contribution in [2.45, 2.75) is 32.6 Å². The fourth-order valence-electron chi connectivity index (χ4n) is 2.84. The molecule has 5 nitrogen and oxygen atoms in total. The minimum atomic E-state index is 0.0119. The average molecular weight is 408 g/mol. The van der Waals surface area contributed by atoms with E-state index in [1.54, 1.807) is 0 Å². The molecule has 136 valence electrons. The Morgan fingerprint density at radius 3 is 2.68 bits per heavy atom. The van der Waals surface area contributed by atoms with Gasteiger partial charge >= 0.3 is 0 Å². The van der Waals surface area contributed by atoms with Crippen LogP contribution in [0.3, 0.4) is 0 Å². The molecule has 1 amide bonds. The lowest BCUT2D eigenvalue weighted by Gasteiger charge is -2.34. The molecule has 6 heteroatoms. The molecular formula is C19H26BrN3O2. The minimum Gasteiger partial charge on any atom is -0.483 e. The molecule has 1 aromatic rings. The van der Waals surface area contributed by atoms with Crippen LogP contribution in [0, 0.1) is 11.3 Å². The van der Waals surface area contributed by atoms with Crippen LogP contribution in [0.4, 0.5) is 0 Å². The first-order valence-electron chi connectivity index (χ1n) is 8.84. The Kier molecular flexibility index (Phi) is 7.73. The molecule has 0 aromatic heterocycles. The normalized spacial score (nSPS) is 16.3. The smallest absolute Gasteiger partial charge is 0.260 e. The van der Waals surface area contributed by atoms with E-state index in [1.807, 2.05) is 11.0 Å². The highest BCUT2D eigenvalue weighted by Gasteiger charge is 2.21. The number of carbonyl (C=O) groups excluding carboxylic acids is 1. The van der Waals surface area contributed by atoms with Gasteiger partial charge in [0.05, 0.1) is 10.5 Å². The third kappa shape index (κ3) is 5.72. The highest BCUT2D eigenvalue weighted by molar-refractivity contribution is 9.10. The van der Waals surface area contributed by atoms with Crippen molar-refractivity contribution in [3.05, 3.63) is 28.2 Å². The maximum atomic E-state index is 12.3. The molecule has 1 saturated heterocycles. The number of rotatable bonds is 7. The van der Waals surface area contributed by atoms with Crippen LogP contribution in [0.25, 0.3) is 0 Å². The van der Waals surface area contributed by atoms with Gasteiger partial charge in [-0.05, 0) is 46.0 Å². The van der Waals surface area contributed by atoms with Gasteiger partial charge in [0.25, 0.3) is 5.91 Å². The fourth-order valence-corrected chi connectivity index (χ4v) is 3.35. The molecule has 0 spiro atoms. The van der Waals surface area contributed by atoms with E-state index in [9.17, 15) is 4.79 Å². The zero-order chi connectivity index (χ0) is 18.2. The Morgan fingerprint density at radius 1 is 1.36 bits per heavy atom. The summed E-state index contributed by atoms with van der Waals surface area (Å²) in [5.74, 6) is 1.22. The number of amides is 1. The SMILES string of the molecule is CCC(C)c1ccc(OCC(=O)N2CCN(CCC#N)CC2)c(Br)c1. The number of nitrogens with zero attached hydrogens (tertiary/aromatic N) is 3. The van der Waals surface area contributed by atoms with E-state index in [-0.39, 0.29) is 12.5 Å². The summed E-state index contributed by atoms with van der Waals surface area (Å²) in [7, 11) is 0. The highest BCUT2D eigenvalue weighted by Crippen LogP contribution is 2.30. The number of hydrogen-bond acceptors (Lipinski definition) is 4. The van der Waals surface area contributed by atoms with Gasteiger partial charge in [-0.3, -0.25) is 9.69 Å². The third-order valence-electron chi connectivity index (χ3n) is 4.75. The predicted molar refractivity (Wildman–Crippen MR) is 102 cm³/mol. The van der Waals surface area contributed by atoms with Crippen LogP contribution < -0.4 is 4.74 Å². The molecule has 0 radical (unpaired) electrons. The van der Waals surface area contributed by atoms with E-state index >= 15 is 0 Å². The van der Waals surface area contributed by atoms with Crippen LogP contribution in [0.2, 0.25) is 0 Å². The number of halogens is 1. The second kappa shape index (κ2) is 9.79. The van der Waals surface area contributed by atoms with Crippen LogP contribution in [-0.2, 0) is 4.79 Å². The summed E-state index contributed by atoms with van der Waals surface area (Å²) in [5.41, 5.74) is 1.27. The van der Waals surface area contributed by atoms with Crippen molar-refractivity contribution >= 4 is 21.8 Å². The molecule has 1 heterocycles. The maximum absolute atomic E-state index is 12.3. The van der Waals surface area contributed by atoms with Gasteiger partial charge in [0.15, 0.2) is 6.61 Å². The van der Waals surface area contributed by atoms with Crippen LogP contribution in [0.5, 0.6) is 5.75 Å². The minimum absolute atomic E-state index is 0.0119. The molecule has 0 bridgehead atoms. The highest BCUT2D eigenvalue weighted by atomic mass is 79.9. The van der Waals surface area contributed by atoms with Gasteiger partial charge in [0, 0.05) is 39.1 Å². The number of piperazine rings is 1.